The fraction of sp³-hybridized carbons (Fsp3) is 0. The summed E-state index contributed by atoms with van der Waals surface area (Å²) in [5.74, 6) is -0.437. The van der Waals surface area contributed by atoms with E-state index < -0.39 is 0 Å². The average molecular weight is 270 g/mol. The van der Waals surface area contributed by atoms with Crippen LogP contribution in [0, 0.1) is 0 Å². The van der Waals surface area contributed by atoms with Crippen molar-refractivity contribution in [3.8, 4) is 17.2 Å². The molecule has 1 aromatic rings. The number of phenolic OH excluding ortho intramolecular Hbond substituents is 3. The minimum absolute atomic E-state index is 0. The van der Waals surface area contributed by atoms with Crippen LogP contribution in [0.4, 0.5) is 0 Å². The van der Waals surface area contributed by atoms with Crippen molar-refractivity contribution in [2.24, 2.45) is 0 Å². The van der Waals surface area contributed by atoms with Gasteiger partial charge in [-0.25, -0.2) is 0 Å². The first-order valence-corrected chi connectivity index (χ1v) is 2.40. The molecule has 0 saturated carbocycles. The van der Waals surface area contributed by atoms with Crippen molar-refractivity contribution in [1.82, 2.24) is 0 Å². The van der Waals surface area contributed by atoms with E-state index in [0.717, 1.165) is 18.2 Å². The van der Waals surface area contributed by atoms with Gasteiger partial charge in [-0.2, -0.15) is 0 Å². The maximum absolute atomic E-state index is 8.67. The van der Waals surface area contributed by atoms with Crippen molar-refractivity contribution in [3.63, 3.8) is 0 Å². The predicted octanol–water partition coefficient (Wildman–Crippen LogP) is 0.796. The van der Waals surface area contributed by atoms with E-state index in [-0.39, 0.29) is 82.4 Å². The first kappa shape index (κ1) is 18.5. The standard InChI is InChI=1S/C6H6O3.3Ti/c7-4-1-5(8)3-6(9)2-4;;;/h1-3,7-9H;;;. The van der Waals surface area contributed by atoms with Gasteiger partial charge < -0.3 is 15.3 Å². The van der Waals surface area contributed by atoms with E-state index in [1.807, 2.05) is 0 Å². The van der Waals surface area contributed by atoms with E-state index >= 15 is 0 Å². The zero-order valence-corrected chi connectivity index (χ0v) is 10.8. The van der Waals surface area contributed by atoms with E-state index in [9.17, 15) is 0 Å². The van der Waals surface area contributed by atoms with Crippen LogP contribution in [-0.4, -0.2) is 15.3 Å². The molecule has 12 heavy (non-hydrogen) atoms. The number of benzene rings is 1. The molecular weight excluding hydrogens is 264 g/mol. The summed E-state index contributed by atoms with van der Waals surface area (Å²) in [6, 6.07) is 3.42. The molecule has 1 rings (SSSR count). The maximum atomic E-state index is 8.67. The van der Waals surface area contributed by atoms with Crippen LogP contribution in [0.2, 0.25) is 0 Å². The molecule has 0 unspecified atom stereocenters. The number of hydrogen-bond acceptors (Lipinski definition) is 3. The van der Waals surface area contributed by atoms with Gasteiger partial charge >= 0.3 is 0 Å². The average Bonchev–Trinajstić information content (AvgIpc) is 1.59. The Hall–Kier alpha value is 0.763. The van der Waals surface area contributed by atoms with E-state index in [1.165, 1.54) is 0 Å². The molecule has 0 saturated heterocycles. The van der Waals surface area contributed by atoms with E-state index in [1.54, 1.807) is 0 Å². The Morgan fingerprint density at radius 1 is 0.583 bits per heavy atom. The Morgan fingerprint density at radius 3 is 0.917 bits per heavy atom. The van der Waals surface area contributed by atoms with Crippen molar-refractivity contribution >= 4 is 0 Å². The molecule has 3 N–H and O–H groups in total. The third-order valence-electron chi connectivity index (χ3n) is 0.887. The second-order valence-corrected chi connectivity index (χ2v) is 1.71. The van der Waals surface area contributed by atoms with Crippen molar-refractivity contribution in [2.75, 3.05) is 0 Å². The van der Waals surface area contributed by atoms with Gasteiger partial charge in [0.05, 0.1) is 0 Å². The summed E-state index contributed by atoms with van der Waals surface area (Å²) in [4.78, 5) is 0. The van der Waals surface area contributed by atoms with Gasteiger partial charge in [0.15, 0.2) is 0 Å². The topological polar surface area (TPSA) is 60.7 Å². The van der Waals surface area contributed by atoms with Crippen molar-refractivity contribution in [3.05, 3.63) is 18.2 Å². The van der Waals surface area contributed by atoms with Gasteiger partial charge in [0.1, 0.15) is 17.2 Å². The third kappa shape index (κ3) is 6.30. The number of phenols is 3. The predicted molar refractivity (Wildman–Crippen MR) is 31.4 cm³/mol. The first-order chi connectivity index (χ1) is 4.18. The molecule has 60 valence electrons. The summed E-state index contributed by atoms with van der Waals surface area (Å²) in [5.41, 5.74) is 0. The smallest absolute Gasteiger partial charge is 0.122 e. The third-order valence-corrected chi connectivity index (χ3v) is 0.887. The summed E-state index contributed by atoms with van der Waals surface area (Å²) in [7, 11) is 0. The Balaban J connectivity index is -0.000000270. The molecule has 0 aliphatic carbocycles. The van der Waals surface area contributed by atoms with Gasteiger partial charge in [0.2, 0.25) is 0 Å². The largest absolute Gasteiger partial charge is 0.508 e. The van der Waals surface area contributed by atoms with Crippen molar-refractivity contribution in [1.29, 1.82) is 0 Å². The van der Waals surface area contributed by atoms with Crippen molar-refractivity contribution in [2.45, 2.75) is 0 Å². The Kier molecular flexibility index (Phi) is 12.9. The van der Waals surface area contributed by atoms with E-state index in [4.69, 9.17) is 15.3 Å². The first-order valence-electron chi connectivity index (χ1n) is 2.40. The van der Waals surface area contributed by atoms with Gasteiger partial charge in [-0.15, -0.1) is 0 Å². The molecule has 3 nitrogen and oxygen atoms in total. The summed E-state index contributed by atoms with van der Waals surface area (Å²) < 4.78 is 0. The molecule has 0 heterocycles. The van der Waals surface area contributed by atoms with Crippen LogP contribution >= 0.6 is 0 Å². The van der Waals surface area contributed by atoms with Gasteiger partial charge in [-0.05, 0) is 0 Å². The SMILES string of the molecule is Oc1cc(O)cc(O)c1.[Ti].[Ti].[Ti]. The Labute approximate surface area is 115 Å². The van der Waals surface area contributed by atoms with E-state index in [0.29, 0.717) is 0 Å². The Bertz CT molecular complexity index is 179. The zero-order valence-electron chi connectivity index (χ0n) is 6.07. The van der Waals surface area contributed by atoms with Crippen LogP contribution in [0.25, 0.3) is 0 Å². The maximum Gasteiger partial charge on any atom is 0.122 e. The molecule has 0 atom stereocenters. The minimum Gasteiger partial charge on any atom is -0.508 e. The van der Waals surface area contributed by atoms with Gasteiger partial charge in [-0.3, -0.25) is 0 Å². The van der Waals surface area contributed by atoms with Crippen molar-refractivity contribution < 1.29 is 80.5 Å². The van der Waals surface area contributed by atoms with Gasteiger partial charge in [-0.1, -0.05) is 0 Å². The zero-order chi connectivity index (χ0) is 6.85. The van der Waals surface area contributed by atoms with Crippen LogP contribution in [-0.2, 0) is 65.2 Å². The summed E-state index contributed by atoms with van der Waals surface area (Å²) in [5, 5.41) is 26.0. The monoisotopic (exact) mass is 270 g/mol. The quantitative estimate of drug-likeness (QED) is 0.611. The second kappa shape index (κ2) is 8.37. The van der Waals surface area contributed by atoms with Gasteiger partial charge in [0, 0.05) is 83.4 Å². The molecule has 0 aliphatic rings. The molecule has 0 spiro atoms. The van der Waals surface area contributed by atoms with Crippen LogP contribution in [0.5, 0.6) is 17.2 Å². The second-order valence-electron chi connectivity index (χ2n) is 1.71. The van der Waals surface area contributed by atoms with Gasteiger partial charge in [0.25, 0.3) is 0 Å². The molecular formula is C6H6O3Ti3. The molecule has 0 radical (unpaired) electrons. The molecule has 0 aliphatic heterocycles. The summed E-state index contributed by atoms with van der Waals surface area (Å²) >= 11 is 0. The fourth-order valence-corrected chi connectivity index (χ4v) is 0.580. The summed E-state index contributed by atoms with van der Waals surface area (Å²) in [6.07, 6.45) is 0. The fourth-order valence-electron chi connectivity index (χ4n) is 0.580. The normalized spacial score (nSPS) is 7.00. The molecule has 6 heteroatoms. The van der Waals surface area contributed by atoms with Crippen LogP contribution < -0.4 is 0 Å². The summed E-state index contributed by atoms with van der Waals surface area (Å²) in [6.45, 7) is 0. The molecule has 1 aromatic carbocycles. The minimum atomic E-state index is -0.146. The molecule has 0 aromatic heterocycles. The van der Waals surface area contributed by atoms with Crippen LogP contribution in [0.3, 0.4) is 0 Å². The molecule has 0 amide bonds. The molecule has 0 fully saturated rings. The number of aromatic hydroxyl groups is 3. The van der Waals surface area contributed by atoms with E-state index in [2.05, 4.69) is 0 Å². The van der Waals surface area contributed by atoms with Crippen LogP contribution in [0.15, 0.2) is 18.2 Å². The Morgan fingerprint density at radius 2 is 0.750 bits per heavy atom. The molecule has 0 bridgehead atoms. The van der Waals surface area contributed by atoms with Crippen LogP contribution in [0.1, 0.15) is 0 Å². The number of hydrogen-bond donors (Lipinski definition) is 3. The number of rotatable bonds is 0.